The zero-order valence-corrected chi connectivity index (χ0v) is 18.8. The fourth-order valence-corrected chi connectivity index (χ4v) is 3.29. The Morgan fingerprint density at radius 3 is 2.40 bits per heavy atom. The first-order valence-corrected chi connectivity index (χ1v) is 10.0. The minimum atomic E-state index is -1.19. The maximum Gasteiger partial charge on any atom is 0.341 e. The molecule has 0 fully saturated rings. The zero-order chi connectivity index (χ0) is 23.1. The second-order valence-electron chi connectivity index (χ2n) is 7.68. The summed E-state index contributed by atoms with van der Waals surface area (Å²) < 4.78 is 5.31. The smallest absolute Gasteiger partial charge is 0.341 e. The van der Waals surface area contributed by atoms with Crippen molar-refractivity contribution in [3.8, 4) is 11.5 Å². The van der Waals surface area contributed by atoms with Gasteiger partial charge >= 0.3 is 5.97 Å². The lowest BCUT2D eigenvalue weighted by Gasteiger charge is -2.22. The number of carboxylic acids is 1. The molecule has 0 amide bonds. The minimum Gasteiger partial charge on any atom is -0.507 e. The number of ketones is 1. The van der Waals surface area contributed by atoms with Gasteiger partial charge in [0.1, 0.15) is 17.3 Å². The molecule has 6 nitrogen and oxygen atoms in total. The van der Waals surface area contributed by atoms with Crippen LogP contribution in [-0.4, -0.2) is 34.9 Å². The van der Waals surface area contributed by atoms with Gasteiger partial charge in [-0.3, -0.25) is 9.59 Å². The third kappa shape index (κ3) is 6.73. The van der Waals surface area contributed by atoms with Gasteiger partial charge in [0.25, 0.3) is 0 Å². The van der Waals surface area contributed by atoms with Gasteiger partial charge in [-0.2, -0.15) is 0 Å². The van der Waals surface area contributed by atoms with Crippen LogP contribution >= 0.6 is 11.6 Å². The molecule has 0 aliphatic heterocycles. The highest BCUT2D eigenvalue weighted by Gasteiger charge is 2.22. The Morgan fingerprint density at radius 2 is 1.90 bits per heavy atom. The summed E-state index contributed by atoms with van der Waals surface area (Å²) in [5.74, 6) is -1.31. The third-order valence-electron chi connectivity index (χ3n) is 5.04. The highest BCUT2D eigenvalue weighted by atomic mass is 35.5. The van der Waals surface area contributed by atoms with Crippen LogP contribution in [0.5, 0.6) is 11.5 Å². The van der Waals surface area contributed by atoms with Gasteiger partial charge in [-0.15, -0.1) is 0 Å². The summed E-state index contributed by atoms with van der Waals surface area (Å²) in [4.78, 5) is 33.8. The Bertz CT molecular complexity index is 884. The molecule has 0 aliphatic rings. The molecule has 1 rings (SSSR count). The zero-order valence-electron chi connectivity index (χ0n) is 18.0. The first kappa shape index (κ1) is 25.4. The normalized spacial score (nSPS) is 13.9. The van der Waals surface area contributed by atoms with E-state index in [1.54, 1.807) is 13.8 Å². The lowest BCUT2D eigenvalue weighted by Crippen LogP contribution is -2.15. The van der Waals surface area contributed by atoms with Gasteiger partial charge in [0.15, 0.2) is 12.9 Å². The van der Waals surface area contributed by atoms with Crippen LogP contribution in [0.2, 0.25) is 5.02 Å². The number of ether oxygens (including phenoxy) is 1. The largest absolute Gasteiger partial charge is 0.507 e. The highest BCUT2D eigenvalue weighted by molar-refractivity contribution is 6.33. The van der Waals surface area contributed by atoms with Gasteiger partial charge in [-0.05, 0) is 44.6 Å². The number of aromatic hydroxyl groups is 1. The lowest BCUT2D eigenvalue weighted by atomic mass is 9.82. The number of allylic oxidation sites excluding steroid dienone is 4. The number of phenolic OH excluding ortho intramolecular Hbond substituents is 1. The monoisotopic (exact) mass is 436 g/mol. The van der Waals surface area contributed by atoms with Crippen LogP contribution in [0.4, 0.5) is 0 Å². The average molecular weight is 437 g/mol. The Labute approximate surface area is 182 Å². The number of aldehydes is 1. The van der Waals surface area contributed by atoms with Crippen LogP contribution in [0.3, 0.4) is 0 Å². The molecular weight excluding hydrogens is 408 g/mol. The number of carbonyl (C=O) groups is 3. The highest BCUT2D eigenvalue weighted by Crippen LogP contribution is 2.41. The van der Waals surface area contributed by atoms with E-state index in [4.69, 9.17) is 21.4 Å². The molecular formula is C23H29ClO6. The number of Topliss-reactive ketones (excluding diaryl/α,β-unsaturated/α-hetero) is 1. The van der Waals surface area contributed by atoms with Crippen molar-refractivity contribution in [2.24, 2.45) is 5.41 Å². The Morgan fingerprint density at radius 1 is 1.27 bits per heavy atom. The van der Waals surface area contributed by atoms with Crippen molar-refractivity contribution >= 4 is 29.6 Å². The number of aliphatic carboxylic acids is 1. The molecule has 0 saturated carbocycles. The van der Waals surface area contributed by atoms with Crippen LogP contribution < -0.4 is 4.74 Å². The van der Waals surface area contributed by atoms with E-state index in [0.29, 0.717) is 18.3 Å². The van der Waals surface area contributed by atoms with E-state index in [-0.39, 0.29) is 45.3 Å². The molecule has 1 aromatic carbocycles. The number of benzene rings is 1. The van der Waals surface area contributed by atoms with Crippen LogP contribution in [0.15, 0.2) is 23.8 Å². The first-order chi connectivity index (χ1) is 14.0. The molecule has 0 bridgehead atoms. The van der Waals surface area contributed by atoms with E-state index in [1.165, 1.54) is 0 Å². The number of hydrogen-bond donors (Lipinski definition) is 2. The second-order valence-corrected chi connectivity index (χ2v) is 8.06. The fraction of sp³-hybridized carbons (Fsp3) is 0.435. The van der Waals surface area contributed by atoms with E-state index in [9.17, 15) is 19.5 Å². The lowest BCUT2D eigenvalue weighted by molar-refractivity contribution is -0.139. The molecule has 0 spiro atoms. The van der Waals surface area contributed by atoms with E-state index < -0.39 is 12.6 Å². The van der Waals surface area contributed by atoms with E-state index in [2.05, 4.69) is 0 Å². The van der Waals surface area contributed by atoms with E-state index >= 15 is 0 Å². The second kappa shape index (κ2) is 11.0. The predicted octanol–water partition coefficient (Wildman–Crippen LogP) is 5.07. The van der Waals surface area contributed by atoms with Crippen molar-refractivity contribution in [1.29, 1.82) is 0 Å². The van der Waals surface area contributed by atoms with Crippen LogP contribution in [0.1, 0.15) is 62.0 Å². The summed E-state index contributed by atoms with van der Waals surface area (Å²) in [5, 5.41) is 19.6. The van der Waals surface area contributed by atoms with Crippen molar-refractivity contribution in [2.45, 2.75) is 53.9 Å². The molecule has 7 heteroatoms. The molecule has 1 aromatic rings. The number of phenols is 1. The maximum atomic E-state index is 11.5. The number of carbonyl (C=O) groups excluding carboxylic acids is 2. The molecule has 2 N–H and O–H groups in total. The summed E-state index contributed by atoms with van der Waals surface area (Å²) in [6.07, 6.45) is 7.62. The molecule has 0 unspecified atom stereocenters. The number of hydrogen-bond acceptors (Lipinski definition) is 5. The molecule has 1 atom stereocenters. The Kier molecular flexibility index (Phi) is 9.30. The topological polar surface area (TPSA) is 101 Å². The van der Waals surface area contributed by atoms with Gasteiger partial charge in [0, 0.05) is 12.0 Å². The van der Waals surface area contributed by atoms with Crippen LogP contribution in [0, 0.1) is 12.3 Å². The molecule has 164 valence electrons. The van der Waals surface area contributed by atoms with Crippen molar-refractivity contribution in [1.82, 2.24) is 0 Å². The summed E-state index contributed by atoms with van der Waals surface area (Å²) in [6.45, 7) is 8.38. The summed E-state index contributed by atoms with van der Waals surface area (Å²) in [5.41, 5.74) is 1.21. The van der Waals surface area contributed by atoms with Crippen molar-refractivity contribution in [2.75, 3.05) is 6.61 Å². The summed E-state index contributed by atoms with van der Waals surface area (Å²) in [7, 11) is 0. The summed E-state index contributed by atoms with van der Waals surface area (Å²) >= 11 is 6.29. The molecule has 30 heavy (non-hydrogen) atoms. The van der Waals surface area contributed by atoms with Crippen LogP contribution in [-0.2, 0) is 16.0 Å². The fourth-order valence-electron chi connectivity index (χ4n) is 3.02. The minimum absolute atomic E-state index is 0.0410. The molecule has 0 saturated heterocycles. The van der Waals surface area contributed by atoms with Gasteiger partial charge in [0.2, 0.25) is 0 Å². The van der Waals surface area contributed by atoms with Gasteiger partial charge < -0.3 is 14.9 Å². The van der Waals surface area contributed by atoms with E-state index in [1.807, 2.05) is 39.0 Å². The van der Waals surface area contributed by atoms with E-state index in [0.717, 1.165) is 12.0 Å². The molecule has 0 heterocycles. The first-order valence-electron chi connectivity index (χ1n) is 9.64. The Hall–Kier alpha value is -2.60. The standard InChI is InChI=1S/C23H29ClO6/c1-6-23(5,11-15(3)26)10-9-14(2)7-8-17-21(29)18(12-25)16(4)20(24)22(17)30-13-19(27)28/h7,9-10,12,29H,6,8,11,13H2,1-5H3,(H,27,28)/b10-9+,14-7+/t23-/m1/s1. The van der Waals surface area contributed by atoms with Crippen molar-refractivity contribution in [3.63, 3.8) is 0 Å². The van der Waals surface area contributed by atoms with Gasteiger partial charge in [0.05, 0.1) is 10.6 Å². The summed E-state index contributed by atoms with van der Waals surface area (Å²) in [6, 6.07) is 0. The van der Waals surface area contributed by atoms with Gasteiger partial charge in [-0.25, -0.2) is 4.79 Å². The number of rotatable bonds is 11. The predicted molar refractivity (Wildman–Crippen MR) is 117 cm³/mol. The van der Waals surface area contributed by atoms with Crippen molar-refractivity contribution < 1.29 is 29.3 Å². The van der Waals surface area contributed by atoms with Crippen LogP contribution in [0.25, 0.3) is 0 Å². The molecule has 0 aromatic heterocycles. The van der Waals surface area contributed by atoms with Gasteiger partial charge in [-0.1, -0.05) is 49.2 Å². The number of halogens is 1. The SMILES string of the molecule is CC[C@](C)(/C=C/C(C)=C/Cc1c(O)c(C=O)c(C)c(Cl)c1OCC(=O)O)CC(C)=O. The number of carboxylic acid groups (broad SMARTS) is 1. The average Bonchev–Trinajstić information content (AvgIpc) is 2.67. The van der Waals surface area contributed by atoms with Crippen molar-refractivity contribution in [3.05, 3.63) is 45.5 Å². The quantitative estimate of drug-likeness (QED) is 0.371. The maximum absolute atomic E-state index is 11.5. The Balaban J connectivity index is 3.29. The third-order valence-corrected chi connectivity index (χ3v) is 5.50. The molecule has 0 radical (unpaired) electrons. The molecule has 0 aliphatic carbocycles.